The number of carbonyl (C=O) groups excluding carboxylic acids is 1. The first kappa shape index (κ1) is 16.0. The summed E-state index contributed by atoms with van der Waals surface area (Å²) in [6.07, 6.45) is 12.3. The molecule has 0 aromatic carbocycles. The molecular weight excluding hydrogens is 220 g/mol. The summed E-state index contributed by atoms with van der Waals surface area (Å²) in [4.78, 5) is 11.5. The Morgan fingerprint density at radius 1 is 0.812 bits per heavy atom. The van der Waals surface area contributed by atoms with Gasteiger partial charge in [-0.25, -0.2) is 0 Å². The van der Waals surface area contributed by atoms with E-state index < -0.39 is 0 Å². The molecule has 0 spiro atoms. The summed E-state index contributed by atoms with van der Waals surface area (Å²) in [5.41, 5.74) is 0. The van der Waals surface area contributed by atoms with E-state index in [1.54, 1.807) is 0 Å². The van der Waals surface area contributed by atoms with Gasteiger partial charge in [-0.05, 0) is 19.3 Å². The van der Waals surface area contributed by atoms with Crippen LogP contribution in [0, 0.1) is 0 Å². The van der Waals surface area contributed by atoms with Gasteiger partial charge < -0.3 is 0 Å². The molecule has 0 fully saturated rings. The molecule has 0 aromatic rings. The third-order valence-corrected chi connectivity index (χ3v) is 3.17. The fourth-order valence-electron chi connectivity index (χ4n) is 1.82. The number of rotatable bonds is 12. The van der Waals surface area contributed by atoms with Crippen molar-refractivity contribution in [3.8, 4) is 0 Å². The molecule has 0 atom stereocenters. The third-order valence-electron chi connectivity index (χ3n) is 2.90. The zero-order valence-corrected chi connectivity index (χ0v) is 11.5. The Morgan fingerprint density at radius 2 is 1.31 bits per heavy atom. The summed E-state index contributed by atoms with van der Waals surface area (Å²) < 4.78 is 0. The van der Waals surface area contributed by atoms with E-state index in [1.807, 2.05) is 0 Å². The molecule has 0 radical (unpaired) electrons. The van der Waals surface area contributed by atoms with Crippen LogP contribution in [0.5, 0.6) is 0 Å². The lowest BCUT2D eigenvalue weighted by atomic mass is 10.0. The number of Topliss-reactive ketones (excluding diaryl/α,β-unsaturated/α-hetero) is 1. The van der Waals surface area contributed by atoms with Crippen molar-refractivity contribution < 1.29 is 4.79 Å². The lowest BCUT2D eigenvalue weighted by Crippen LogP contribution is -1.97. The number of hydrogen-bond donors (Lipinski definition) is 0. The Balaban J connectivity index is 3.12. The van der Waals surface area contributed by atoms with Gasteiger partial charge in [-0.1, -0.05) is 45.4 Å². The fraction of sp³-hybridized carbons (Fsp3) is 0.929. The van der Waals surface area contributed by atoms with Gasteiger partial charge in [0.25, 0.3) is 0 Å². The van der Waals surface area contributed by atoms with Crippen LogP contribution in [0.25, 0.3) is 0 Å². The van der Waals surface area contributed by atoms with Crippen LogP contribution in [0.15, 0.2) is 0 Å². The zero-order valence-electron chi connectivity index (χ0n) is 10.8. The van der Waals surface area contributed by atoms with Crippen LogP contribution < -0.4 is 0 Å². The zero-order chi connectivity index (χ0) is 12.1. The lowest BCUT2D eigenvalue weighted by Gasteiger charge is -2.01. The molecule has 0 unspecified atom stereocenters. The average Bonchev–Trinajstić information content (AvgIpc) is 2.28. The second-order valence-electron chi connectivity index (χ2n) is 4.56. The van der Waals surface area contributed by atoms with E-state index in [0.29, 0.717) is 5.78 Å². The molecular formula is C14H27ClO. The summed E-state index contributed by atoms with van der Waals surface area (Å²) in [5.74, 6) is 1.22. The predicted octanol–water partition coefficient (Wildman–Crippen LogP) is 5.11. The molecule has 0 N–H and O–H groups in total. The molecule has 2 heteroatoms. The Morgan fingerprint density at radius 3 is 1.81 bits per heavy atom. The van der Waals surface area contributed by atoms with E-state index in [1.165, 1.54) is 32.1 Å². The maximum Gasteiger partial charge on any atom is 0.132 e. The van der Waals surface area contributed by atoms with E-state index in [2.05, 4.69) is 6.92 Å². The number of unbranched alkanes of at least 4 members (excludes halogenated alkanes) is 7. The minimum atomic E-state index is 0.461. The van der Waals surface area contributed by atoms with Crippen molar-refractivity contribution in [2.45, 2.75) is 77.6 Å². The number of alkyl halides is 1. The van der Waals surface area contributed by atoms with Gasteiger partial charge in [-0.15, -0.1) is 11.6 Å². The number of hydrogen-bond acceptors (Lipinski definition) is 1. The first-order valence-electron chi connectivity index (χ1n) is 6.89. The number of carbonyl (C=O) groups is 1. The van der Waals surface area contributed by atoms with Crippen molar-refractivity contribution in [2.24, 2.45) is 0 Å². The second-order valence-corrected chi connectivity index (χ2v) is 4.93. The van der Waals surface area contributed by atoms with Gasteiger partial charge in [0.1, 0.15) is 5.78 Å². The van der Waals surface area contributed by atoms with E-state index in [4.69, 9.17) is 11.6 Å². The molecule has 1 nitrogen and oxygen atoms in total. The fourth-order valence-corrected chi connectivity index (χ4v) is 2.01. The monoisotopic (exact) mass is 246 g/mol. The quantitative estimate of drug-likeness (QED) is 0.346. The van der Waals surface area contributed by atoms with Crippen molar-refractivity contribution in [1.82, 2.24) is 0 Å². The van der Waals surface area contributed by atoms with Crippen molar-refractivity contribution in [3.63, 3.8) is 0 Å². The average molecular weight is 247 g/mol. The topological polar surface area (TPSA) is 17.1 Å². The molecule has 0 rings (SSSR count). The van der Waals surface area contributed by atoms with Gasteiger partial charge in [-0.3, -0.25) is 4.79 Å². The van der Waals surface area contributed by atoms with Gasteiger partial charge in [0.05, 0.1) is 0 Å². The third kappa shape index (κ3) is 12.0. The largest absolute Gasteiger partial charge is 0.300 e. The maximum atomic E-state index is 11.5. The Labute approximate surface area is 106 Å². The predicted molar refractivity (Wildman–Crippen MR) is 72.2 cm³/mol. The van der Waals surface area contributed by atoms with Crippen molar-refractivity contribution in [1.29, 1.82) is 0 Å². The molecule has 0 bridgehead atoms. The molecule has 0 saturated carbocycles. The molecule has 0 aliphatic rings. The van der Waals surface area contributed by atoms with Crippen molar-refractivity contribution in [2.75, 3.05) is 5.88 Å². The van der Waals surface area contributed by atoms with Crippen LogP contribution in [-0.2, 0) is 4.79 Å². The Hall–Kier alpha value is -0.0400. The van der Waals surface area contributed by atoms with Gasteiger partial charge in [0.15, 0.2) is 0 Å². The molecule has 16 heavy (non-hydrogen) atoms. The molecule has 0 heterocycles. The van der Waals surface area contributed by atoms with Crippen LogP contribution in [-0.4, -0.2) is 11.7 Å². The second kappa shape index (κ2) is 13.0. The first-order chi connectivity index (χ1) is 7.81. The highest BCUT2D eigenvalue weighted by molar-refractivity contribution is 6.17. The highest BCUT2D eigenvalue weighted by Crippen LogP contribution is 2.09. The van der Waals surface area contributed by atoms with E-state index in [9.17, 15) is 4.79 Å². The first-order valence-corrected chi connectivity index (χ1v) is 7.42. The summed E-state index contributed by atoms with van der Waals surface area (Å²) in [6.45, 7) is 2.21. The van der Waals surface area contributed by atoms with E-state index in [0.717, 1.165) is 44.4 Å². The molecule has 0 aromatic heterocycles. The van der Waals surface area contributed by atoms with Crippen LogP contribution in [0.2, 0.25) is 0 Å². The van der Waals surface area contributed by atoms with Gasteiger partial charge in [0, 0.05) is 18.7 Å². The Bertz CT molecular complexity index is 141. The normalized spacial score (nSPS) is 10.6. The minimum Gasteiger partial charge on any atom is -0.300 e. The van der Waals surface area contributed by atoms with Crippen LogP contribution in [0.3, 0.4) is 0 Å². The standard InChI is InChI=1S/C14H27ClO/c1-2-3-4-5-8-11-14(16)12-9-6-7-10-13-15/h2-13H2,1H3. The van der Waals surface area contributed by atoms with Crippen LogP contribution in [0.4, 0.5) is 0 Å². The van der Waals surface area contributed by atoms with Crippen LogP contribution >= 0.6 is 11.6 Å². The van der Waals surface area contributed by atoms with Crippen LogP contribution in [0.1, 0.15) is 77.6 Å². The molecule has 0 aliphatic carbocycles. The summed E-state index contributed by atoms with van der Waals surface area (Å²) in [5, 5.41) is 0. The van der Waals surface area contributed by atoms with E-state index in [-0.39, 0.29) is 0 Å². The molecule has 0 saturated heterocycles. The van der Waals surface area contributed by atoms with Crippen molar-refractivity contribution in [3.05, 3.63) is 0 Å². The smallest absolute Gasteiger partial charge is 0.132 e. The maximum absolute atomic E-state index is 11.5. The van der Waals surface area contributed by atoms with Gasteiger partial charge >= 0.3 is 0 Å². The summed E-state index contributed by atoms with van der Waals surface area (Å²) >= 11 is 5.59. The molecule has 0 amide bonds. The number of ketones is 1. The van der Waals surface area contributed by atoms with E-state index >= 15 is 0 Å². The van der Waals surface area contributed by atoms with Crippen molar-refractivity contribution >= 4 is 17.4 Å². The SMILES string of the molecule is CCCCCCCC(=O)CCCCCCCl. The Kier molecular flexibility index (Phi) is 13.0. The molecule has 96 valence electrons. The lowest BCUT2D eigenvalue weighted by molar-refractivity contribution is -0.119. The summed E-state index contributed by atoms with van der Waals surface area (Å²) in [6, 6.07) is 0. The van der Waals surface area contributed by atoms with Gasteiger partial charge in [0.2, 0.25) is 0 Å². The highest BCUT2D eigenvalue weighted by atomic mass is 35.5. The van der Waals surface area contributed by atoms with Gasteiger partial charge in [-0.2, -0.15) is 0 Å². The highest BCUT2D eigenvalue weighted by Gasteiger charge is 2.01. The summed E-state index contributed by atoms with van der Waals surface area (Å²) in [7, 11) is 0. The molecule has 0 aliphatic heterocycles. The number of halogens is 1. The minimum absolute atomic E-state index is 0.461.